The van der Waals surface area contributed by atoms with Crippen molar-refractivity contribution in [2.45, 2.75) is 38.2 Å². The first-order valence-corrected chi connectivity index (χ1v) is 6.01. The maximum absolute atomic E-state index is 10.4. The molecule has 0 spiro atoms. The number of hydrogen-bond donors (Lipinski definition) is 2. The van der Waals surface area contributed by atoms with Crippen LogP contribution in [0.25, 0.3) is 0 Å². The van der Waals surface area contributed by atoms with Gasteiger partial charge in [0, 0.05) is 11.8 Å². The van der Waals surface area contributed by atoms with Gasteiger partial charge in [-0.1, -0.05) is 30.9 Å². The number of aliphatic hydroxyl groups is 1. The highest BCUT2D eigenvalue weighted by Gasteiger charge is 2.32. The summed E-state index contributed by atoms with van der Waals surface area (Å²) in [6.07, 6.45) is 5.90. The van der Waals surface area contributed by atoms with Crippen molar-refractivity contribution in [2.24, 2.45) is 5.92 Å². The number of nitrogen functional groups attached to an aromatic ring is 1. The van der Waals surface area contributed by atoms with Crippen molar-refractivity contribution in [2.75, 3.05) is 5.73 Å². The highest BCUT2D eigenvalue weighted by Crippen LogP contribution is 2.39. The topological polar surface area (TPSA) is 59.1 Å². The molecule has 1 aromatic rings. The second-order valence-electron chi connectivity index (χ2n) is 4.86. The maximum atomic E-state index is 10.4. The van der Waals surface area contributed by atoms with Crippen LogP contribution in [0.5, 0.6) is 0 Å². The smallest absolute Gasteiger partial charge is 0.129 e. The van der Waals surface area contributed by atoms with Crippen LogP contribution in [0, 0.1) is 5.92 Å². The summed E-state index contributed by atoms with van der Waals surface area (Å²) < 4.78 is 0. The largest absolute Gasteiger partial charge is 0.385 e. The summed E-state index contributed by atoms with van der Waals surface area (Å²) in [5.41, 5.74) is 5.50. The number of nitrogens with two attached hydrogens (primary N) is 1. The number of rotatable bonds is 3. The number of nitrogens with zero attached hydrogens (tertiary/aromatic N) is 1. The van der Waals surface area contributed by atoms with Crippen molar-refractivity contribution >= 4 is 17.4 Å². The Hall–Kier alpha value is -0.800. The van der Waals surface area contributed by atoms with E-state index in [1.807, 2.05) is 0 Å². The van der Waals surface area contributed by atoms with E-state index in [-0.39, 0.29) is 0 Å². The van der Waals surface area contributed by atoms with Gasteiger partial charge in [0.2, 0.25) is 0 Å². The van der Waals surface area contributed by atoms with E-state index in [1.165, 1.54) is 25.5 Å². The average Bonchev–Trinajstić information content (AvgIpc) is 2.16. The third kappa shape index (κ3) is 2.30. The van der Waals surface area contributed by atoms with Crippen LogP contribution in [0.15, 0.2) is 12.3 Å². The molecule has 0 aliphatic heterocycles. The number of pyridine rings is 1. The Morgan fingerprint density at radius 1 is 1.62 bits per heavy atom. The molecule has 1 aliphatic carbocycles. The highest BCUT2D eigenvalue weighted by molar-refractivity contribution is 6.30. The molecule has 1 aromatic heterocycles. The average molecular weight is 241 g/mol. The number of hydrogen-bond acceptors (Lipinski definition) is 3. The third-order valence-electron chi connectivity index (χ3n) is 3.38. The molecule has 2 rings (SSSR count). The fraction of sp³-hybridized carbons (Fsp3) is 0.583. The van der Waals surface area contributed by atoms with E-state index >= 15 is 0 Å². The molecule has 1 unspecified atom stereocenters. The first-order chi connectivity index (χ1) is 7.49. The van der Waals surface area contributed by atoms with Crippen LogP contribution in [-0.2, 0) is 5.60 Å². The summed E-state index contributed by atoms with van der Waals surface area (Å²) in [7, 11) is 0. The fourth-order valence-electron chi connectivity index (χ4n) is 2.25. The molecule has 88 valence electrons. The van der Waals surface area contributed by atoms with Crippen molar-refractivity contribution in [1.82, 2.24) is 4.98 Å². The molecule has 0 aromatic carbocycles. The minimum absolute atomic E-state index is 0.369. The van der Waals surface area contributed by atoms with Gasteiger partial charge in [-0.3, -0.25) is 0 Å². The second kappa shape index (κ2) is 4.22. The minimum Gasteiger partial charge on any atom is -0.385 e. The van der Waals surface area contributed by atoms with Crippen molar-refractivity contribution in [3.63, 3.8) is 0 Å². The molecule has 1 fully saturated rings. The van der Waals surface area contributed by atoms with Crippen molar-refractivity contribution in [3.8, 4) is 0 Å². The third-order valence-corrected chi connectivity index (χ3v) is 3.58. The lowest BCUT2D eigenvalue weighted by atomic mass is 9.76. The highest BCUT2D eigenvalue weighted by atomic mass is 35.5. The Kier molecular flexibility index (Phi) is 3.08. The van der Waals surface area contributed by atoms with Crippen molar-refractivity contribution in [3.05, 3.63) is 22.8 Å². The molecular formula is C12H17ClN2O. The SMILES string of the molecule is CC(O)(CC1CCC1)c1cc(Cl)cnc1N. The lowest BCUT2D eigenvalue weighted by Crippen LogP contribution is -2.29. The zero-order valence-corrected chi connectivity index (χ0v) is 10.2. The number of anilines is 1. The summed E-state index contributed by atoms with van der Waals surface area (Å²) in [6.45, 7) is 1.79. The van der Waals surface area contributed by atoms with Gasteiger partial charge in [0.25, 0.3) is 0 Å². The Bertz CT molecular complexity index is 389. The molecule has 0 bridgehead atoms. The van der Waals surface area contributed by atoms with Gasteiger partial charge in [-0.05, 0) is 25.3 Å². The molecule has 1 heterocycles. The zero-order chi connectivity index (χ0) is 11.8. The van der Waals surface area contributed by atoms with Crippen LogP contribution >= 0.6 is 11.6 Å². The normalized spacial score (nSPS) is 20.2. The molecule has 3 N–H and O–H groups in total. The zero-order valence-electron chi connectivity index (χ0n) is 9.41. The molecule has 1 aliphatic rings. The Morgan fingerprint density at radius 2 is 2.31 bits per heavy atom. The summed E-state index contributed by atoms with van der Waals surface area (Å²) in [5, 5.41) is 11.0. The van der Waals surface area contributed by atoms with E-state index in [0.29, 0.717) is 22.3 Å². The molecule has 3 nitrogen and oxygen atoms in total. The number of halogens is 1. The lowest BCUT2D eigenvalue weighted by Gasteiger charge is -2.34. The molecule has 1 saturated carbocycles. The predicted molar refractivity (Wildman–Crippen MR) is 65.2 cm³/mol. The Balaban J connectivity index is 2.22. The quantitative estimate of drug-likeness (QED) is 0.854. The van der Waals surface area contributed by atoms with Gasteiger partial charge in [-0.15, -0.1) is 0 Å². The van der Waals surface area contributed by atoms with E-state index < -0.39 is 5.60 Å². The first-order valence-electron chi connectivity index (χ1n) is 5.63. The van der Waals surface area contributed by atoms with Crippen LogP contribution in [0.2, 0.25) is 5.02 Å². The van der Waals surface area contributed by atoms with E-state index in [9.17, 15) is 5.11 Å². The van der Waals surface area contributed by atoms with Gasteiger partial charge >= 0.3 is 0 Å². The Labute approximate surface area is 101 Å². The summed E-state index contributed by atoms with van der Waals surface area (Å²) in [6, 6.07) is 1.71. The summed E-state index contributed by atoms with van der Waals surface area (Å²) in [4.78, 5) is 3.98. The lowest BCUT2D eigenvalue weighted by molar-refractivity contribution is 0.0166. The van der Waals surface area contributed by atoms with Crippen LogP contribution < -0.4 is 5.73 Å². The van der Waals surface area contributed by atoms with Gasteiger partial charge < -0.3 is 10.8 Å². The predicted octanol–water partition coefficient (Wildman–Crippen LogP) is 2.71. The summed E-state index contributed by atoms with van der Waals surface area (Å²) in [5.74, 6) is 0.974. The van der Waals surface area contributed by atoms with Crippen LogP contribution in [-0.4, -0.2) is 10.1 Å². The second-order valence-corrected chi connectivity index (χ2v) is 5.30. The molecule has 1 atom stereocenters. The first kappa shape index (κ1) is 11.7. The molecular weight excluding hydrogens is 224 g/mol. The van der Waals surface area contributed by atoms with Crippen molar-refractivity contribution < 1.29 is 5.11 Å². The van der Waals surface area contributed by atoms with E-state index in [4.69, 9.17) is 17.3 Å². The van der Waals surface area contributed by atoms with Gasteiger partial charge in [-0.2, -0.15) is 0 Å². The van der Waals surface area contributed by atoms with E-state index in [0.717, 1.165) is 6.42 Å². The van der Waals surface area contributed by atoms with Crippen LogP contribution in [0.3, 0.4) is 0 Å². The molecule has 0 amide bonds. The fourth-order valence-corrected chi connectivity index (χ4v) is 2.41. The number of aromatic nitrogens is 1. The maximum Gasteiger partial charge on any atom is 0.129 e. The standard InChI is InChI=1S/C12H17ClN2O/c1-12(16,6-8-3-2-4-8)10-5-9(13)7-15-11(10)14/h5,7-8,16H,2-4,6H2,1H3,(H2,14,15). The van der Waals surface area contributed by atoms with E-state index in [1.54, 1.807) is 13.0 Å². The van der Waals surface area contributed by atoms with Crippen LogP contribution in [0.4, 0.5) is 5.82 Å². The molecule has 4 heteroatoms. The molecule has 16 heavy (non-hydrogen) atoms. The molecule has 0 radical (unpaired) electrons. The van der Waals surface area contributed by atoms with Crippen molar-refractivity contribution in [1.29, 1.82) is 0 Å². The molecule has 0 saturated heterocycles. The van der Waals surface area contributed by atoms with Crippen LogP contribution in [0.1, 0.15) is 38.2 Å². The minimum atomic E-state index is -0.924. The summed E-state index contributed by atoms with van der Waals surface area (Å²) >= 11 is 5.88. The van der Waals surface area contributed by atoms with E-state index in [2.05, 4.69) is 4.98 Å². The van der Waals surface area contributed by atoms with Gasteiger partial charge in [0.15, 0.2) is 0 Å². The Morgan fingerprint density at radius 3 is 2.88 bits per heavy atom. The monoisotopic (exact) mass is 240 g/mol. The van der Waals surface area contributed by atoms with Gasteiger partial charge in [0.05, 0.1) is 10.6 Å². The van der Waals surface area contributed by atoms with Gasteiger partial charge in [0.1, 0.15) is 5.82 Å². The van der Waals surface area contributed by atoms with Gasteiger partial charge in [-0.25, -0.2) is 4.98 Å².